The molecule has 6 heteroatoms. The quantitative estimate of drug-likeness (QED) is 0.665. The van der Waals surface area contributed by atoms with Gasteiger partial charge in [0.15, 0.2) is 11.5 Å². The van der Waals surface area contributed by atoms with E-state index in [-0.39, 0.29) is 12.3 Å². The lowest BCUT2D eigenvalue weighted by Crippen LogP contribution is -2.14. The molecule has 0 atom stereocenters. The lowest BCUT2D eigenvalue weighted by atomic mass is 10.1. The number of hydrogen-bond acceptors (Lipinski definition) is 6. The molecule has 0 saturated carbocycles. The lowest BCUT2D eigenvalue weighted by molar-refractivity contribution is 0.0520. The van der Waals surface area contributed by atoms with Gasteiger partial charge in [0.1, 0.15) is 5.75 Å². The highest BCUT2D eigenvalue weighted by molar-refractivity contribution is 5.95. The molecule has 0 saturated heterocycles. The summed E-state index contributed by atoms with van der Waals surface area (Å²) in [6.45, 7) is 6.56. The monoisotopic (exact) mass is 365 g/mol. The Balaban J connectivity index is 1.98. The molecule has 0 fully saturated rings. The van der Waals surface area contributed by atoms with E-state index >= 15 is 0 Å². The molecule has 0 aliphatic rings. The first kappa shape index (κ1) is 18.6. The van der Waals surface area contributed by atoms with Crippen molar-refractivity contribution in [2.75, 3.05) is 19.0 Å². The van der Waals surface area contributed by atoms with Crippen LogP contribution in [0, 0.1) is 13.8 Å². The van der Waals surface area contributed by atoms with E-state index in [4.69, 9.17) is 9.47 Å². The van der Waals surface area contributed by atoms with Crippen molar-refractivity contribution in [3.63, 3.8) is 0 Å². The van der Waals surface area contributed by atoms with Gasteiger partial charge in [-0.2, -0.15) is 0 Å². The number of methoxy groups -OCH3 is 1. The summed E-state index contributed by atoms with van der Waals surface area (Å²) in [4.78, 5) is 21.5. The zero-order valence-corrected chi connectivity index (χ0v) is 16.0. The lowest BCUT2D eigenvalue weighted by Gasteiger charge is -2.12. The van der Waals surface area contributed by atoms with Crippen LogP contribution in [-0.4, -0.2) is 29.7 Å². The van der Waals surface area contributed by atoms with Gasteiger partial charge in [-0.15, -0.1) is 0 Å². The van der Waals surface area contributed by atoms with E-state index in [0.717, 1.165) is 28.0 Å². The number of ether oxygens (including phenoxy) is 2. The van der Waals surface area contributed by atoms with E-state index in [9.17, 15) is 4.79 Å². The number of hydrogen-bond donors (Lipinski definition) is 1. The van der Waals surface area contributed by atoms with Crippen LogP contribution in [0.5, 0.6) is 5.75 Å². The van der Waals surface area contributed by atoms with Gasteiger partial charge in [0.05, 0.1) is 24.8 Å². The number of rotatable bonds is 6. The summed E-state index contributed by atoms with van der Waals surface area (Å²) < 4.78 is 10.4. The van der Waals surface area contributed by atoms with Crippen LogP contribution in [0.3, 0.4) is 0 Å². The predicted molar refractivity (Wildman–Crippen MR) is 105 cm³/mol. The van der Waals surface area contributed by atoms with Gasteiger partial charge in [-0.05, 0) is 61.7 Å². The first-order chi connectivity index (χ1) is 13.0. The number of nitrogens with one attached hydrogen (secondary N) is 1. The van der Waals surface area contributed by atoms with E-state index in [1.165, 1.54) is 0 Å². The molecule has 3 rings (SSSR count). The fourth-order valence-electron chi connectivity index (χ4n) is 2.74. The number of benzene rings is 2. The standard InChI is InChI=1S/C21H23N3O3/c1-5-27-21(25)19-20(22-12-15-7-6-8-16(11-15)26-4)24-18-10-14(3)13(2)9-17(18)23-19/h6-11H,5,12H2,1-4H3,(H,22,24). The van der Waals surface area contributed by atoms with Gasteiger partial charge >= 0.3 is 5.97 Å². The van der Waals surface area contributed by atoms with Crippen LogP contribution in [0.4, 0.5) is 5.82 Å². The molecule has 0 radical (unpaired) electrons. The molecule has 6 nitrogen and oxygen atoms in total. The number of fused-ring (bicyclic) bond motifs is 1. The molecule has 2 aromatic carbocycles. The summed E-state index contributed by atoms with van der Waals surface area (Å²) in [5.41, 5.74) is 4.83. The van der Waals surface area contributed by atoms with Crippen molar-refractivity contribution in [2.45, 2.75) is 27.3 Å². The molecule has 0 unspecified atom stereocenters. The second-order valence-corrected chi connectivity index (χ2v) is 6.27. The number of esters is 1. The van der Waals surface area contributed by atoms with Crippen molar-refractivity contribution in [1.82, 2.24) is 9.97 Å². The third-order valence-corrected chi connectivity index (χ3v) is 4.34. The van der Waals surface area contributed by atoms with Gasteiger partial charge in [-0.3, -0.25) is 0 Å². The van der Waals surface area contributed by atoms with Crippen LogP contribution < -0.4 is 10.1 Å². The van der Waals surface area contributed by atoms with Crippen molar-refractivity contribution in [1.29, 1.82) is 0 Å². The Labute approximate surface area is 158 Å². The zero-order valence-electron chi connectivity index (χ0n) is 16.0. The average Bonchev–Trinajstić information content (AvgIpc) is 2.67. The number of nitrogens with zero attached hydrogens (tertiary/aromatic N) is 2. The Morgan fingerprint density at radius 2 is 1.78 bits per heavy atom. The Bertz CT molecular complexity index is 986. The predicted octanol–water partition coefficient (Wildman–Crippen LogP) is 4.04. The SMILES string of the molecule is CCOC(=O)c1nc2cc(C)c(C)cc2nc1NCc1cccc(OC)c1. The minimum atomic E-state index is -0.488. The molecule has 140 valence electrons. The fourth-order valence-corrected chi connectivity index (χ4v) is 2.74. The number of carbonyl (C=O) groups is 1. The molecule has 3 aromatic rings. The van der Waals surface area contributed by atoms with Gasteiger partial charge in [-0.25, -0.2) is 14.8 Å². The summed E-state index contributed by atoms with van der Waals surface area (Å²) in [6, 6.07) is 11.6. The minimum Gasteiger partial charge on any atom is -0.497 e. The van der Waals surface area contributed by atoms with E-state index in [1.807, 2.05) is 50.2 Å². The third-order valence-electron chi connectivity index (χ3n) is 4.34. The summed E-state index contributed by atoms with van der Waals surface area (Å²) in [5.74, 6) is 0.695. The second kappa shape index (κ2) is 8.03. The van der Waals surface area contributed by atoms with Crippen molar-refractivity contribution in [3.05, 3.63) is 58.8 Å². The van der Waals surface area contributed by atoms with Crippen molar-refractivity contribution >= 4 is 22.8 Å². The highest BCUT2D eigenvalue weighted by Crippen LogP contribution is 2.22. The van der Waals surface area contributed by atoms with Crippen molar-refractivity contribution < 1.29 is 14.3 Å². The maximum absolute atomic E-state index is 12.4. The van der Waals surface area contributed by atoms with E-state index in [2.05, 4.69) is 15.3 Å². The summed E-state index contributed by atoms with van der Waals surface area (Å²) in [7, 11) is 1.63. The Hall–Kier alpha value is -3.15. The smallest absolute Gasteiger partial charge is 0.360 e. The molecule has 0 aliphatic carbocycles. The highest BCUT2D eigenvalue weighted by atomic mass is 16.5. The van der Waals surface area contributed by atoms with Gasteiger partial charge in [0.2, 0.25) is 0 Å². The molecular formula is C21H23N3O3. The molecule has 0 bridgehead atoms. The fraction of sp³-hybridized carbons (Fsp3) is 0.286. The number of aromatic nitrogens is 2. The van der Waals surface area contributed by atoms with Gasteiger partial charge in [0, 0.05) is 6.54 Å². The molecule has 1 heterocycles. The van der Waals surface area contributed by atoms with Crippen LogP contribution in [0.1, 0.15) is 34.1 Å². The van der Waals surface area contributed by atoms with E-state index in [0.29, 0.717) is 17.9 Å². The Morgan fingerprint density at radius 3 is 2.44 bits per heavy atom. The minimum absolute atomic E-state index is 0.190. The Kier molecular flexibility index (Phi) is 5.54. The molecular weight excluding hydrogens is 342 g/mol. The maximum Gasteiger partial charge on any atom is 0.360 e. The zero-order chi connectivity index (χ0) is 19.4. The van der Waals surface area contributed by atoms with Gasteiger partial charge < -0.3 is 14.8 Å². The summed E-state index contributed by atoms with van der Waals surface area (Å²) >= 11 is 0. The maximum atomic E-state index is 12.4. The summed E-state index contributed by atoms with van der Waals surface area (Å²) in [5, 5.41) is 3.22. The average molecular weight is 365 g/mol. The molecule has 1 N–H and O–H groups in total. The Morgan fingerprint density at radius 1 is 1.07 bits per heavy atom. The molecule has 0 amide bonds. The molecule has 1 aromatic heterocycles. The summed E-state index contributed by atoms with van der Waals surface area (Å²) in [6.07, 6.45) is 0. The normalized spacial score (nSPS) is 10.7. The van der Waals surface area contributed by atoms with Gasteiger partial charge in [0.25, 0.3) is 0 Å². The van der Waals surface area contributed by atoms with Crippen LogP contribution in [0.15, 0.2) is 36.4 Å². The number of aryl methyl sites for hydroxylation is 2. The van der Waals surface area contributed by atoms with Crippen LogP contribution in [0.2, 0.25) is 0 Å². The van der Waals surface area contributed by atoms with Gasteiger partial charge in [-0.1, -0.05) is 12.1 Å². The van der Waals surface area contributed by atoms with Crippen LogP contribution in [-0.2, 0) is 11.3 Å². The van der Waals surface area contributed by atoms with E-state index < -0.39 is 5.97 Å². The molecule has 27 heavy (non-hydrogen) atoms. The second-order valence-electron chi connectivity index (χ2n) is 6.27. The highest BCUT2D eigenvalue weighted by Gasteiger charge is 2.18. The number of carbonyl (C=O) groups excluding carboxylic acids is 1. The van der Waals surface area contributed by atoms with Crippen LogP contribution >= 0.6 is 0 Å². The first-order valence-corrected chi connectivity index (χ1v) is 8.84. The largest absolute Gasteiger partial charge is 0.497 e. The van der Waals surface area contributed by atoms with Crippen LogP contribution in [0.25, 0.3) is 11.0 Å². The number of anilines is 1. The molecule has 0 aliphatic heterocycles. The van der Waals surface area contributed by atoms with E-state index in [1.54, 1.807) is 14.0 Å². The van der Waals surface area contributed by atoms with Crippen molar-refractivity contribution in [3.8, 4) is 5.75 Å². The first-order valence-electron chi connectivity index (χ1n) is 8.84. The topological polar surface area (TPSA) is 73.3 Å². The molecule has 0 spiro atoms. The van der Waals surface area contributed by atoms with Crippen molar-refractivity contribution in [2.24, 2.45) is 0 Å². The third kappa shape index (κ3) is 4.16.